The first-order valence-corrected chi connectivity index (χ1v) is 10.6. The largest absolute Gasteiger partial charge is 0.335 e. The number of halogens is 2. The summed E-state index contributed by atoms with van der Waals surface area (Å²) in [5, 5.41) is 3.98. The first-order valence-electron chi connectivity index (χ1n) is 9.89. The number of anilines is 1. The van der Waals surface area contributed by atoms with Crippen LogP contribution in [0.15, 0.2) is 42.6 Å². The molecule has 0 aliphatic carbocycles. The number of nitrogens with zero attached hydrogens (tertiary/aromatic N) is 2. The van der Waals surface area contributed by atoms with E-state index in [0.717, 1.165) is 35.1 Å². The number of hydrogen-bond acceptors (Lipinski definition) is 3. The van der Waals surface area contributed by atoms with E-state index >= 15 is 0 Å². The minimum Gasteiger partial charge on any atom is -0.335 e. The lowest BCUT2D eigenvalue weighted by Gasteiger charge is -2.17. The molecule has 3 heterocycles. The van der Waals surface area contributed by atoms with E-state index in [-0.39, 0.29) is 11.8 Å². The van der Waals surface area contributed by atoms with Crippen LogP contribution in [0.5, 0.6) is 0 Å². The molecule has 1 N–H and O–H groups in total. The molecule has 0 radical (unpaired) electrons. The number of hydrogen-bond donors (Lipinski definition) is 1. The quantitative estimate of drug-likeness (QED) is 0.682. The topological polar surface area (TPSA) is 62.3 Å². The normalized spacial score (nSPS) is 16.7. The number of allylic oxidation sites excluding steroid dienone is 1. The van der Waals surface area contributed by atoms with Crippen LogP contribution in [0.1, 0.15) is 36.0 Å². The first kappa shape index (κ1) is 20.6. The molecule has 1 aromatic carbocycles. The molecule has 5 nitrogen and oxygen atoms in total. The summed E-state index contributed by atoms with van der Waals surface area (Å²) < 4.78 is 0. The molecular formula is C23H21Cl2N3O2. The fraction of sp³-hybridized carbons (Fsp3) is 0.261. The van der Waals surface area contributed by atoms with E-state index in [0.29, 0.717) is 41.8 Å². The Balaban J connectivity index is 1.44. The van der Waals surface area contributed by atoms with Crippen molar-refractivity contribution in [3.8, 4) is 0 Å². The van der Waals surface area contributed by atoms with Crippen molar-refractivity contribution in [2.75, 3.05) is 18.4 Å². The van der Waals surface area contributed by atoms with Gasteiger partial charge in [-0.2, -0.15) is 0 Å². The van der Waals surface area contributed by atoms with Gasteiger partial charge in [0.05, 0.1) is 0 Å². The fourth-order valence-electron chi connectivity index (χ4n) is 3.71. The van der Waals surface area contributed by atoms with Crippen LogP contribution in [0.2, 0.25) is 10.0 Å². The average Bonchev–Trinajstić information content (AvgIpc) is 2.97. The molecule has 2 aromatic rings. The van der Waals surface area contributed by atoms with Crippen molar-refractivity contribution in [3.05, 3.63) is 69.3 Å². The number of benzene rings is 1. The smallest absolute Gasteiger partial charge is 0.246 e. The predicted octanol–water partition coefficient (Wildman–Crippen LogP) is 4.99. The number of fused-ring (bicyclic) bond motifs is 1. The zero-order chi connectivity index (χ0) is 21.1. The van der Waals surface area contributed by atoms with Crippen LogP contribution in [0.4, 0.5) is 5.82 Å². The van der Waals surface area contributed by atoms with E-state index in [9.17, 15) is 9.59 Å². The summed E-state index contributed by atoms with van der Waals surface area (Å²) in [5.41, 5.74) is 3.99. The molecule has 2 amide bonds. The molecule has 0 saturated heterocycles. The SMILES string of the molecule is O=C1CCc2cc(/C=C/C(=O)N3CC=C(c4cc(Cl)cc(Cl)c4)CCC3)cnc2N1. The second-order valence-electron chi connectivity index (χ2n) is 7.43. The maximum absolute atomic E-state index is 12.7. The molecule has 0 spiro atoms. The number of amides is 2. The average molecular weight is 442 g/mol. The Morgan fingerprint density at radius 2 is 1.90 bits per heavy atom. The van der Waals surface area contributed by atoms with Gasteiger partial charge in [0.25, 0.3) is 0 Å². The maximum Gasteiger partial charge on any atom is 0.246 e. The molecule has 7 heteroatoms. The summed E-state index contributed by atoms with van der Waals surface area (Å²) in [5.74, 6) is 0.561. The maximum atomic E-state index is 12.7. The van der Waals surface area contributed by atoms with E-state index in [1.165, 1.54) is 0 Å². The van der Waals surface area contributed by atoms with E-state index in [2.05, 4.69) is 16.4 Å². The lowest BCUT2D eigenvalue weighted by molar-refractivity contribution is -0.125. The first-order chi connectivity index (χ1) is 14.5. The third-order valence-corrected chi connectivity index (χ3v) is 5.70. The number of aromatic nitrogens is 1. The van der Waals surface area contributed by atoms with Crippen molar-refractivity contribution in [2.45, 2.75) is 25.7 Å². The fourth-order valence-corrected chi connectivity index (χ4v) is 4.24. The molecule has 154 valence electrons. The summed E-state index contributed by atoms with van der Waals surface area (Å²) in [4.78, 5) is 30.3. The van der Waals surface area contributed by atoms with Crippen molar-refractivity contribution < 1.29 is 9.59 Å². The van der Waals surface area contributed by atoms with Gasteiger partial charge in [-0.15, -0.1) is 0 Å². The molecule has 2 aliphatic rings. The molecule has 2 aliphatic heterocycles. The van der Waals surface area contributed by atoms with Crippen molar-refractivity contribution in [1.82, 2.24) is 9.88 Å². The van der Waals surface area contributed by atoms with Crippen molar-refractivity contribution in [2.24, 2.45) is 0 Å². The lowest BCUT2D eigenvalue weighted by Crippen LogP contribution is -2.29. The standard InChI is InChI=1S/C23H21Cl2N3O2/c24-19-11-18(12-20(25)13-19)16-2-1-8-28(9-7-16)22(30)6-3-15-10-17-4-5-21(29)27-23(17)26-14-15/h3,6-7,10-14H,1-2,4-5,8-9H2,(H,26,27,29)/b6-3+. The van der Waals surface area contributed by atoms with Crippen LogP contribution in [-0.4, -0.2) is 34.8 Å². The Kier molecular flexibility index (Phi) is 6.21. The number of pyridine rings is 1. The molecule has 0 unspecified atom stereocenters. The van der Waals surface area contributed by atoms with Crippen molar-refractivity contribution >= 4 is 52.5 Å². The molecule has 0 bridgehead atoms. The molecule has 30 heavy (non-hydrogen) atoms. The summed E-state index contributed by atoms with van der Waals surface area (Å²) in [6.07, 6.45) is 9.96. The highest BCUT2D eigenvalue weighted by atomic mass is 35.5. The Bertz CT molecular complexity index is 1040. The van der Waals surface area contributed by atoms with Gasteiger partial charge in [-0.1, -0.05) is 29.3 Å². The minimum absolute atomic E-state index is 0.0119. The molecule has 1 aromatic heterocycles. The number of aryl methyl sites for hydroxylation is 1. The van der Waals surface area contributed by atoms with Gasteiger partial charge in [0.1, 0.15) is 5.82 Å². The third kappa shape index (κ3) is 4.91. The summed E-state index contributed by atoms with van der Waals surface area (Å²) in [6, 6.07) is 7.49. The highest BCUT2D eigenvalue weighted by Crippen LogP contribution is 2.28. The van der Waals surface area contributed by atoms with E-state index in [4.69, 9.17) is 23.2 Å². The van der Waals surface area contributed by atoms with Crippen molar-refractivity contribution in [1.29, 1.82) is 0 Å². The summed E-state index contributed by atoms with van der Waals surface area (Å²) >= 11 is 12.3. The summed E-state index contributed by atoms with van der Waals surface area (Å²) in [7, 11) is 0. The Morgan fingerprint density at radius 3 is 2.70 bits per heavy atom. The molecular weight excluding hydrogens is 421 g/mol. The molecule has 4 rings (SSSR count). The molecule has 0 saturated carbocycles. The minimum atomic E-state index is -0.0392. The van der Waals surface area contributed by atoms with Crippen LogP contribution >= 0.6 is 23.2 Å². The van der Waals surface area contributed by atoms with Gasteiger partial charge in [-0.05, 0) is 71.9 Å². The van der Waals surface area contributed by atoms with Gasteiger partial charge < -0.3 is 10.2 Å². The molecule has 0 fully saturated rings. The van der Waals surface area contributed by atoms with Gasteiger partial charge in [0.15, 0.2) is 0 Å². The van der Waals surface area contributed by atoms with E-state index in [1.807, 2.05) is 23.1 Å². The van der Waals surface area contributed by atoms with E-state index < -0.39 is 0 Å². The zero-order valence-electron chi connectivity index (χ0n) is 16.3. The summed E-state index contributed by atoms with van der Waals surface area (Å²) in [6.45, 7) is 1.23. The highest BCUT2D eigenvalue weighted by Gasteiger charge is 2.17. The number of carbonyl (C=O) groups is 2. The van der Waals surface area contributed by atoms with Crippen LogP contribution in [-0.2, 0) is 16.0 Å². The van der Waals surface area contributed by atoms with E-state index in [1.54, 1.807) is 24.4 Å². The Labute approximate surface area is 185 Å². The monoisotopic (exact) mass is 441 g/mol. The molecule has 0 atom stereocenters. The van der Waals surface area contributed by atoms with Gasteiger partial charge in [0, 0.05) is 41.8 Å². The van der Waals surface area contributed by atoms with Crippen molar-refractivity contribution in [3.63, 3.8) is 0 Å². The zero-order valence-corrected chi connectivity index (χ0v) is 17.8. The number of nitrogens with one attached hydrogen (secondary N) is 1. The third-order valence-electron chi connectivity index (χ3n) is 5.26. The van der Waals surface area contributed by atoms with Crippen LogP contribution in [0.25, 0.3) is 11.6 Å². The van der Waals surface area contributed by atoms with Gasteiger partial charge in [-0.25, -0.2) is 4.98 Å². The number of carbonyl (C=O) groups excluding carboxylic acids is 2. The van der Waals surface area contributed by atoms with Gasteiger partial charge in [-0.3, -0.25) is 9.59 Å². The lowest BCUT2D eigenvalue weighted by atomic mass is 10.0. The highest BCUT2D eigenvalue weighted by molar-refractivity contribution is 6.34. The Hall–Kier alpha value is -2.63. The predicted molar refractivity (Wildman–Crippen MR) is 120 cm³/mol. The van der Waals surface area contributed by atoms with Gasteiger partial charge in [0.2, 0.25) is 11.8 Å². The second-order valence-corrected chi connectivity index (χ2v) is 8.31. The number of rotatable bonds is 3. The Morgan fingerprint density at radius 1 is 1.10 bits per heavy atom. The second kappa shape index (κ2) is 9.02. The van der Waals surface area contributed by atoms with Crippen LogP contribution in [0.3, 0.4) is 0 Å². The van der Waals surface area contributed by atoms with Crippen LogP contribution in [0, 0.1) is 0 Å². The van der Waals surface area contributed by atoms with Crippen LogP contribution < -0.4 is 5.32 Å². The van der Waals surface area contributed by atoms with Gasteiger partial charge >= 0.3 is 0 Å².